The summed E-state index contributed by atoms with van der Waals surface area (Å²) in [5.41, 5.74) is 5.66. The maximum atomic E-state index is 12.9. The molecule has 26 heavy (non-hydrogen) atoms. The highest BCUT2D eigenvalue weighted by Crippen LogP contribution is 2.43. The van der Waals surface area contributed by atoms with Crippen molar-refractivity contribution >= 4 is 22.5 Å². The third-order valence-electron chi connectivity index (χ3n) is 4.57. The van der Waals surface area contributed by atoms with Crippen LogP contribution in [0.3, 0.4) is 0 Å². The van der Waals surface area contributed by atoms with Gasteiger partial charge < -0.3 is 4.74 Å². The molecule has 0 aromatic heterocycles. The summed E-state index contributed by atoms with van der Waals surface area (Å²) in [5.74, 6) is 0.810. The van der Waals surface area contributed by atoms with Crippen molar-refractivity contribution in [3.63, 3.8) is 0 Å². The average Bonchev–Trinajstić information content (AvgIpc) is 3.06. The molecular weight excluding hydrogens is 320 g/mol. The van der Waals surface area contributed by atoms with Crippen molar-refractivity contribution in [1.82, 2.24) is 0 Å². The molecule has 3 aromatic rings. The van der Waals surface area contributed by atoms with E-state index in [4.69, 9.17) is 4.74 Å². The molecular formula is C24H18O2. The number of ketones is 1. The van der Waals surface area contributed by atoms with Gasteiger partial charge in [0, 0.05) is 11.1 Å². The van der Waals surface area contributed by atoms with E-state index in [1.807, 2.05) is 84.9 Å². The van der Waals surface area contributed by atoms with Crippen molar-refractivity contribution in [2.45, 2.75) is 0 Å². The Balaban J connectivity index is 1.93. The van der Waals surface area contributed by atoms with Gasteiger partial charge >= 0.3 is 0 Å². The SMILES string of the molecule is COc1ccc(C2=C(c3ccccc3)C(c3ccccc3)=CC2=O)cc1. The van der Waals surface area contributed by atoms with Crippen LogP contribution in [0.1, 0.15) is 16.7 Å². The van der Waals surface area contributed by atoms with Gasteiger partial charge in [0.2, 0.25) is 0 Å². The molecule has 0 fully saturated rings. The molecule has 3 aromatic carbocycles. The van der Waals surface area contributed by atoms with Gasteiger partial charge in [0.25, 0.3) is 0 Å². The van der Waals surface area contributed by atoms with Gasteiger partial charge in [-0.1, -0.05) is 72.8 Å². The number of allylic oxidation sites excluding steroid dienone is 4. The number of carbonyl (C=O) groups excluding carboxylic acids is 1. The Morgan fingerprint density at radius 3 is 1.73 bits per heavy atom. The number of methoxy groups -OCH3 is 1. The molecule has 2 heteroatoms. The lowest BCUT2D eigenvalue weighted by atomic mass is 9.90. The van der Waals surface area contributed by atoms with E-state index in [1.165, 1.54) is 0 Å². The van der Waals surface area contributed by atoms with Gasteiger partial charge in [-0.25, -0.2) is 0 Å². The van der Waals surface area contributed by atoms with Crippen molar-refractivity contribution in [1.29, 1.82) is 0 Å². The van der Waals surface area contributed by atoms with E-state index >= 15 is 0 Å². The first-order valence-electron chi connectivity index (χ1n) is 8.54. The summed E-state index contributed by atoms with van der Waals surface area (Å²) >= 11 is 0. The molecule has 2 nitrogen and oxygen atoms in total. The zero-order chi connectivity index (χ0) is 17.9. The van der Waals surface area contributed by atoms with Crippen LogP contribution in [0.4, 0.5) is 0 Å². The number of rotatable bonds is 4. The maximum absolute atomic E-state index is 12.9. The minimum absolute atomic E-state index is 0.0351. The molecule has 126 valence electrons. The van der Waals surface area contributed by atoms with Gasteiger partial charge in [-0.3, -0.25) is 4.79 Å². The first kappa shape index (κ1) is 16.1. The topological polar surface area (TPSA) is 26.3 Å². The molecule has 0 saturated heterocycles. The first-order valence-corrected chi connectivity index (χ1v) is 8.54. The van der Waals surface area contributed by atoms with Crippen LogP contribution in [0.15, 0.2) is 91.0 Å². The van der Waals surface area contributed by atoms with Crippen LogP contribution in [0.5, 0.6) is 5.75 Å². The molecule has 0 unspecified atom stereocenters. The molecule has 0 atom stereocenters. The van der Waals surface area contributed by atoms with Crippen molar-refractivity contribution in [3.05, 3.63) is 108 Å². The lowest BCUT2D eigenvalue weighted by molar-refractivity contribution is -0.109. The zero-order valence-electron chi connectivity index (χ0n) is 14.5. The van der Waals surface area contributed by atoms with Gasteiger partial charge in [0.15, 0.2) is 5.78 Å². The normalized spacial score (nSPS) is 13.7. The number of carbonyl (C=O) groups is 1. The number of benzene rings is 3. The van der Waals surface area contributed by atoms with Gasteiger partial charge in [0.05, 0.1) is 7.11 Å². The summed E-state index contributed by atoms with van der Waals surface area (Å²) in [4.78, 5) is 12.9. The third-order valence-corrected chi connectivity index (χ3v) is 4.57. The largest absolute Gasteiger partial charge is 0.497 e. The summed E-state index contributed by atoms with van der Waals surface area (Å²) < 4.78 is 5.25. The minimum atomic E-state index is 0.0351. The van der Waals surface area contributed by atoms with Crippen LogP contribution in [0.2, 0.25) is 0 Å². The predicted molar refractivity (Wildman–Crippen MR) is 106 cm³/mol. The zero-order valence-corrected chi connectivity index (χ0v) is 14.5. The molecule has 1 aliphatic rings. The first-order chi connectivity index (χ1) is 12.8. The van der Waals surface area contributed by atoms with Crippen LogP contribution in [-0.4, -0.2) is 12.9 Å². The summed E-state index contributed by atoms with van der Waals surface area (Å²) in [6, 6.07) is 27.8. The number of ether oxygens (including phenoxy) is 1. The quantitative estimate of drug-likeness (QED) is 0.647. The number of hydrogen-bond acceptors (Lipinski definition) is 2. The van der Waals surface area contributed by atoms with Crippen LogP contribution >= 0.6 is 0 Å². The Kier molecular flexibility index (Phi) is 4.24. The maximum Gasteiger partial charge on any atom is 0.187 e. The highest BCUT2D eigenvalue weighted by Gasteiger charge is 2.27. The minimum Gasteiger partial charge on any atom is -0.497 e. The standard InChI is InChI=1S/C24H18O2/c1-26-20-14-12-19(13-15-20)24-22(25)16-21(17-8-4-2-5-9-17)23(24)18-10-6-3-7-11-18/h2-16H,1H3. The Bertz CT molecular complexity index is 995. The molecule has 4 rings (SSSR count). The van der Waals surface area contributed by atoms with Crippen LogP contribution in [0, 0.1) is 0 Å². The van der Waals surface area contributed by atoms with Crippen molar-refractivity contribution in [2.75, 3.05) is 7.11 Å². The fraction of sp³-hybridized carbons (Fsp3) is 0.0417. The molecule has 0 amide bonds. The Hall–Kier alpha value is -3.39. The monoisotopic (exact) mass is 338 g/mol. The van der Waals surface area contributed by atoms with Crippen molar-refractivity contribution < 1.29 is 9.53 Å². The average molecular weight is 338 g/mol. The van der Waals surface area contributed by atoms with Crippen LogP contribution in [-0.2, 0) is 4.79 Å². The van der Waals surface area contributed by atoms with Crippen LogP contribution in [0.25, 0.3) is 16.7 Å². The Morgan fingerprint density at radius 1 is 0.615 bits per heavy atom. The Morgan fingerprint density at radius 2 is 1.15 bits per heavy atom. The second-order valence-corrected chi connectivity index (χ2v) is 6.13. The molecule has 0 N–H and O–H groups in total. The van der Waals surface area contributed by atoms with E-state index in [2.05, 4.69) is 0 Å². The van der Waals surface area contributed by atoms with Crippen molar-refractivity contribution in [3.8, 4) is 5.75 Å². The lowest BCUT2D eigenvalue weighted by Crippen LogP contribution is -1.97. The highest BCUT2D eigenvalue weighted by atomic mass is 16.5. The molecule has 0 heterocycles. The fourth-order valence-corrected chi connectivity index (χ4v) is 3.33. The summed E-state index contributed by atoms with van der Waals surface area (Å²) in [6.45, 7) is 0. The fourth-order valence-electron chi connectivity index (χ4n) is 3.33. The molecule has 0 aliphatic heterocycles. The molecule has 0 spiro atoms. The smallest absolute Gasteiger partial charge is 0.187 e. The summed E-state index contributed by atoms with van der Waals surface area (Å²) in [7, 11) is 1.64. The number of hydrogen-bond donors (Lipinski definition) is 0. The van der Waals surface area contributed by atoms with Crippen molar-refractivity contribution in [2.24, 2.45) is 0 Å². The predicted octanol–water partition coefficient (Wildman–Crippen LogP) is 5.27. The highest BCUT2D eigenvalue weighted by molar-refractivity contribution is 6.45. The lowest BCUT2D eigenvalue weighted by Gasteiger charge is -2.13. The van der Waals surface area contributed by atoms with Crippen LogP contribution < -0.4 is 4.74 Å². The molecule has 0 radical (unpaired) electrons. The van der Waals surface area contributed by atoms with E-state index < -0.39 is 0 Å². The van der Waals surface area contributed by atoms with Gasteiger partial charge in [-0.2, -0.15) is 0 Å². The molecule has 0 bridgehead atoms. The van der Waals surface area contributed by atoms with Gasteiger partial charge in [-0.05, 0) is 40.5 Å². The van der Waals surface area contributed by atoms with E-state index in [9.17, 15) is 4.79 Å². The second-order valence-electron chi connectivity index (χ2n) is 6.13. The molecule has 1 aliphatic carbocycles. The van der Waals surface area contributed by atoms with E-state index in [-0.39, 0.29) is 5.78 Å². The van der Waals surface area contributed by atoms with E-state index in [0.29, 0.717) is 0 Å². The van der Waals surface area contributed by atoms with Gasteiger partial charge in [-0.15, -0.1) is 0 Å². The van der Waals surface area contributed by atoms with E-state index in [1.54, 1.807) is 13.2 Å². The van der Waals surface area contributed by atoms with Gasteiger partial charge in [0.1, 0.15) is 5.75 Å². The molecule has 0 saturated carbocycles. The van der Waals surface area contributed by atoms with E-state index in [0.717, 1.165) is 39.2 Å². The third kappa shape index (κ3) is 2.86. The second kappa shape index (κ2) is 6.85. The summed E-state index contributed by atoms with van der Waals surface area (Å²) in [5, 5.41) is 0. The summed E-state index contributed by atoms with van der Waals surface area (Å²) in [6.07, 6.45) is 1.75. The Labute approximate surface area is 153 Å².